The molecule has 1 aromatic heterocycles. The lowest BCUT2D eigenvalue weighted by Gasteiger charge is -2.13. The molecule has 0 saturated heterocycles. The molecular formula is C22H32N2O. The Hall–Kier alpha value is -2.03. The molecule has 0 spiro atoms. The van der Waals surface area contributed by atoms with Crippen LogP contribution < -0.4 is 5.73 Å². The van der Waals surface area contributed by atoms with Gasteiger partial charge in [0, 0.05) is 23.5 Å². The lowest BCUT2D eigenvalue weighted by Crippen LogP contribution is -2.13. The van der Waals surface area contributed by atoms with Crippen molar-refractivity contribution in [1.82, 2.24) is 4.57 Å². The van der Waals surface area contributed by atoms with Gasteiger partial charge in [-0.2, -0.15) is 0 Å². The summed E-state index contributed by atoms with van der Waals surface area (Å²) >= 11 is 0. The van der Waals surface area contributed by atoms with E-state index in [1.807, 2.05) is 6.92 Å². The van der Waals surface area contributed by atoms with Gasteiger partial charge in [-0.1, -0.05) is 62.9 Å². The first-order valence-corrected chi connectivity index (χ1v) is 9.60. The molecule has 0 atom stereocenters. The largest absolute Gasteiger partial charge is 0.366 e. The van der Waals surface area contributed by atoms with E-state index < -0.39 is 0 Å². The minimum absolute atomic E-state index is 0.319. The number of rotatable bonds is 9. The van der Waals surface area contributed by atoms with Gasteiger partial charge in [0.25, 0.3) is 5.91 Å². The van der Waals surface area contributed by atoms with Gasteiger partial charge in [0.1, 0.15) is 0 Å². The maximum absolute atomic E-state index is 12.3. The molecular weight excluding hydrogens is 308 g/mol. The third-order valence-corrected chi connectivity index (χ3v) is 4.97. The summed E-state index contributed by atoms with van der Waals surface area (Å²) < 4.78 is 2.34. The van der Waals surface area contributed by atoms with E-state index in [0.29, 0.717) is 5.56 Å². The molecule has 0 fully saturated rings. The number of nitrogens with two attached hydrogens (primary N) is 1. The monoisotopic (exact) mass is 340 g/mol. The molecule has 2 N–H and O–H groups in total. The molecule has 1 amide bonds. The molecule has 25 heavy (non-hydrogen) atoms. The van der Waals surface area contributed by atoms with E-state index in [1.54, 1.807) is 0 Å². The van der Waals surface area contributed by atoms with Gasteiger partial charge >= 0.3 is 0 Å². The maximum Gasteiger partial charge on any atom is 0.251 e. The van der Waals surface area contributed by atoms with Crippen molar-refractivity contribution in [3.8, 4) is 11.1 Å². The number of aromatic nitrogens is 1. The second-order valence-electron chi connectivity index (χ2n) is 6.97. The molecule has 0 aliphatic carbocycles. The minimum atomic E-state index is -0.319. The number of nitrogens with zero attached hydrogens (tertiary/aromatic N) is 1. The molecule has 0 saturated carbocycles. The van der Waals surface area contributed by atoms with Crippen molar-refractivity contribution >= 4 is 5.91 Å². The van der Waals surface area contributed by atoms with E-state index in [-0.39, 0.29) is 5.91 Å². The summed E-state index contributed by atoms with van der Waals surface area (Å²) in [6.07, 6.45) is 6.78. The highest BCUT2D eigenvalue weighted by Crippen LogP contribution is 2.34. The van der Waals surface area contributed by atoms with Crippen molar-refractivity contribution < 1.29 is 4.79 Å². The summed E-state index contributed by atoms with van der Waals surface area (Å²) in [5.41, 5.74) is 12.2. The van der Waals surface area contributed by atoms with Crippen molar-refractivity contribution in [2.75, 3.05) is 0 Å². The Morgan fingerprint density at radius 2 is 1.64 bits per heavy atom. The smallest absolute Gasteiger partial charge is 0.251 e. The normalized spacial score (nSPS) is 11.0. The van der Waals surface area contributed by atoms with E-state index in [4.69, 9.17) is 5.73 Å². The summed E-state index contributed by atoms with van der Waals surface area (Å²) in [6, 6.07) is 8.44. The van der Waals surface area contributed by atoms with Gasteiger partial charge in [-0.3, -0.25) is 4.79 Å². The number of unbranched alkanes of at least 4 members (excludes halogenated alkanes) is 3. The molecule has 2 aromatic rings. The van der Waals surface area contributed by atoms with Crippen molar-refractivity contribution in [1.29, 1.82) is 0 Å². The number of amides is 1. The zero-order valence-electron chi connectivity index (χ0n) is 16.2. The van der Waals surface area contributed by atoms with Gasteiger partial charge in [-0.05, 0) is 38.7 Å². The van der Waals surface area contributed by atoms with Crippen molar-refractivity contribution in [2.45, 2.75) is 72.8 Å². The topological polar surface area (TPSA) is 48.0 Å². The third kappa shape index (κ3) is 4.33. The highest BCUT2D eigenvalue weighted by molar-refractivity contribution is 6.02. The Morgan fingerprint density at radius 3 is 2.20 bits per heavy atom. The fourth-order valence-electron chi connectivity index (χ4n) is 3.55. The van der Waals surface area contributed by atoms with Crippen LogP contribution in [0.4, 0.5) is 0 Å². The number of carbonyl (C=O) groups excluding carboxylic acids is 1. The lowest BCUT2D eigenvalue weighted by molar-refractivity contribution is 0.1000. The molecule has 136 valence electrons. The molecule has 1 aromatic carbocycles. The van der Waals surface area contributed by atoms with Crippen LogP contribution in [0.3, 0.4) is 0 Å². The number of primary amides is 1. The van der Waals surface area contributed by atoms with Crippen LogP contribution in [0.25, 0.3) is 11.1 Å². The lowest BCUT2D eigenvalue weighted by atomic mass is 9.96. The van der Waals surface area contributed by atoms with Crippen LogP contribution >= 0.6 is 0 Å². The molecule has 0 radical (unpaired) electrons. The summed E-state index contributed by atoms with van der Waals surface area (Å²) in [7, 11) is 0. The molecule has 3 heteroatoms. The first-order valence-electron chi connectivity index (χ1n) is 9.60. The molecule has 0 aliphatic rings. The number of hydrogen-bond donors (Lipinski definition) is 1. The van der Waals surface area contributed by atoms with E-state index in [9.17, 15) is 4.79 Å². The van der Waals surface area contributed by atoms with E-state index in [0.717, 1.165) is 49.0 Å². The van der Waals surface area contributed by atoms with E-state index >= 15 is 0 Å². The Bertz CT molecular complexity index is 711. The SMILES string of the molecule is CCCCCc1c(-c2ccc(C)cc2)c(C(N)=O)c(C)n1CCCC. The highest BCUT2D eigenvalue weighted by atomic mass is 16.1. The first-order chi connectivity index (χ1) is 12.0. The van der Waals surface area contributed by atoms with Gasteiger partial charge in [-0.25, -0.2) is 0 Å². The quantitative estimate of drug-likeness (QED) is 0.610. The van der Waals surface area contributed by atoms with Crippen LogP contribution in [0.15, 0.2) is 24.3 Å². The number of carbonyl (C=O) groups is 1. The first kappa shape index (κ1) is 19.3. The number of hydrogen-bond acceptors (Lipinski definition) is 1. The van der Waals surface area contributed by atoms with Crippen LogP contribution in [0.1, 0.15) is 73.3 Å². The van der Waals surface area contributed by atoms with Gasteiger partial charge < -0.3 is 10.3 Å². The fourth-order valence-corrected chi connectivity index (χ4v) is 3.55. The van der Waals surface area contributed by atoms with Crippen molar-refractivity contribution in [3.63, 3.8) is 0 Å². The highest BCUT2D eigenvalue weighted by Gasteiger charge is 2.24. The second kappa shape index (κ2) is 8.89. The van der Waals surface area contributed by atoms with Gasteiger partial charge in [-0.15, -0.1) is 0 Å². The van der Waals surface area contributed by atoms with Gasteiger partial charge in [0.15, 0.2) is 0 Å². The van der Waals surface area contributed by atoms with Crippen molar-refractivity contribution in [3.05, 3.63) is 46.8 Å². The Kier molecular flexibility index (Phi) is 6.86. The van der Waals surface area contributed by atoms with Gasteiger partial charge in [0.05, 0.1) is 5.56 Å². The summed E-state index contributed by atoms with van der Waals surface area (Å²) in [5, 5.41) is 0. The van der Waals surface area contributed by atoms with E-state index in [1.165, 1.54) is 24.1 Å². The van der Waals surface area contributed by atoms with Crippen LogP contribution in [-0.4, -0.2) is 10.5 Å². The summed E-state index contributed by atoms with van der Waals surface area (Å²) in [5.74, 6) is -0.319. The average Bonchev–Trinajstić information content (AvgIpc) is 2.86. The predicted octanol–water partition coefficient (Wildman–Crippen LogP) is 5.40. The zero-order chi connectivity index (χ0) is 18.4. The maximum atomic E-state index is 12.3. The minimum Gasteiger partial charge on any atom is -0.366 e. The Balaban J connectivity index is 2.62. The van der Waals surface area contributed by atoms with Crippen LogP contribution in [0, 0.1) is 13.8 Å². The summed E-state index contributed by atoms with van der Waals surface area (Å²) in [6.45, 7) is 9.49. The average molecular weight is 341 g/mol. The van der Waals surface area contributed by atoms with E-state index in [2.05, 4.69) is 49.6 Å². The molecule has 0 unspecified atom stereocenters. The number of aryl methyl sites for hydroxylation is 1. The van der Waals surface area contributed by atoms with Crippen LogP contribution in [0.5, 0.6) is 0 Å². The van der Waals surface area contributed by atoms with Crippen LogP contribution in [0.2, 0.25) is 0 Å². The number of benzene rings is 1. The fraction of sp³-hybridized carbons (Fsp3) is 0.500. The third-order valence-electron chi connectivity index (χ3n) is 4.97. The zero-order valence-corrected chi connectivity index (χ0v) is 16.2. The standard InChI is InChI=1S/C22H32N2O/c1-5-7-9-10-19-21(18-13-11-16(3)12-14-18)20(22(23)25)17(4)24(19)15-8-6-2/h11-14H,5-10,15H2,1-4H3,(H2,23,25). The molecule has 0 bridgehead atoms. The molecule has 2 rings (SSSR count). The summed E-state index contributed by atoms with van der Waals surface area (Å²) in [4.78, 5) is 12.3. The van der Waals surface area contributed by atoms with Crippen LogP contribution in [-0.2, 0) is 13.0 Å². The van der Waals surface area contributed by atoms with Gasteiger partial charge in [0.2, 0.25) is 0 Å². The molecule has 1 heterocycles. The molecule has 3 nitrogen and oxygen atoms in total. The second-order valence-corrected chi connectivity index (χ2v) is 6.97. The Labute approximate surface area is 152 Å². The van der Waals surface area contributed by atoms with Crippen molar-refractivity contribution in [2.24, 2.45) is 5.73 Å². The molecule has 0 aliphatic heterocycles. The Morgan fingerprint density at radius 1 is 1.00 bits per heavy atom. The predicted molar refractivity (Wildman–Crippen MR) is 106 cm³/mol.